The van der Waals surface area contributed by atoms with E-state index in [-0.39, 0.29) is 25.8 Å². The number of hydrogen-bond donors (Lipinski definition) is 0. The lowest BCUT2D eigenvalue weighted by atomic mass is 10.0. The van der Waals surface area contributed by atoms with E-state index in [1.165, 1.54) is 186 Å². The van der Waals surface area contributed by atoms with Gasteiger partial charge in [-0.15, -0.1) is 0 Å². The Kier molecular flexibility index (Phi) is 53.1. The van der Waals surface area contributed by atoms with Gasteiger partial charge >= 0.3 is 5.97 Å². The summed E-state index contributed by atoms with van der Waals surface area (Å²) in [7, 11) is 1.36. The highest BCUT2D eigenvalue weighted by atomic mass is 31.2. The van der Waals surface area contributed by atoms with Crippen LogP contribution in [0.1, 0.15) is 271 Å². The number of unbranched alkanes of at least 4 members (excludes halogenated alkanes) is 32. The molecule has 9 heteroatoms. The van der Waals surface area contributed by atoms with Crippen LogP contribution in [0.25, 0.3) is 0 Å². The average Bonchev–Trinajstić information content (AvgIpc) is 3.33. The molecule has 0 spiro atoms. The van der Waals surface area contributed by atoms with E-state index in [9.17, 15) is 14.3 Å². The van der Waals surface area contributed by atoms with Crippen LogP contribution < -0.4 is 4.89 Å². The van der Waals surface area contributed by atoms with Crippen molar-refractivity contribution in [2.75, 3.05) is 54.1 Å². The Labute approximate surface area is 440 Å². The molecule has 2 atom stereocenters. The third-order valence-corrected chi connectivity index (χ3v) is 14.0. The second-order valence-corrected chi connectivity index (χ2v) is 22.7. The molecular weight excluding hydrogens is 902 g/mol. The van der Waals surface area contributed by atoms with Crippen molar-refractivity contribution in [1.82, 2.24) is 0 Å². The predicted octanol–water partition coefficient (Wildman–Crippen LogP) is 18.5. The number of nitrogens with zero attached hydrogens (tertiary/aromatic N) is 1. The molecule has 2 unspecified atom stereocenters. The predicted molar refractivity (Wildman–Crippen MR) is 305 cm³/mol. The summed E-state index contributed by atoms with van der Waals surface area (Å²) in [5, 5.41) is 0. The van der Waals surface area contributed by atoms with Gasteiger partial charge in [-0.25, -0.2) is 0 Å². The second-order valence-electron chi connectivity index (χ2n) is 21.3. The zero-order valence-electron chi connectivity index (χ0n) is 47.4. The van der Waals surface area contributed by atoms with Crippen molar-refractivity contribution < 1.29 is 37.3 Å². The molecule has 0 aromatic carbocycles. The fourth-order valence-corrected chi connectivity index (χ4v) is 9.25. The highest BCUT2D eigenvalue weighted by Gasteiger charge is 2.20. The van der Waals surface area contributed by atoms with E-state index in [0.29, 0.717) is 24.1 Å². The van der Waals surface area contributed by atoms with Crippen LogP contribution in [0.15, 0.2) is 60.8 Å². The van der Waals surface area contributed by atoms with Crippen molar-refractivity contribution in [1.29, 1.82) is 0 Å². The molecule has 0 aliphatic carbocycles. The SMILES string of the molecule is CC/C=C\C/C=C\C/C=C\C/C=C\C/C=C\CCCCCCCCCCCCOCC(COP(=O)([O-])OCC[N+](C)(C)C)OC(=O)CCCCCCCCCCCCCCCCCCCCCCCCC. The summed E-state index contributed by atoms with van der Waals surface area (Å²) in [5.41, 5.74) is 0. The quantitative estimate of drug-likeness (QED) is 0.0197. The summed E-state index contributed by atoms with van der Waals surface area (Å²) in [6, 6.07) is 0. The summed E-state index contributed by atoms with van der Waals surface area (Å²) in [6.07, 6.45) is 71.2. The Morgan fingerprint density at radius 3 is 1.23 bits per heavy atom. The Bertz CT molecular complexity index is 1320. The van der Waals surface area contributed by atoms with E-state index in [1.807, 2.05) is 21.1 Å². The first-order chi connectivity index (χ1) is 34.6. The van der Waals surface area contributed by atoms with Crippen molar-refractivity contribution in [3.63, 3.8) is 0 Å². The smallest absolute Gasteiger partial charge is 0.306 e. The lowest BCUT2D eigenvalue weighted by Crippen LogP contribution is -2.37. The molecule has 8 nitrogen and oxygen atoms in total. The molecule has 0 aromatic rings. The molecule has 71 heavy (non-hydrogen) atoms. The number of phosphoric acid groups is 1. The molecule has 0 aliphatic rings. The van der Waals surface area contributed by atoms with E-state index in [1.54, 1.807) is 0 Å². The average molecular weight is 1020 g/mol. The molecule has 0 N–H and O–H groups in total. The molecule has 0 saturated carbocycles. The lowest BCUT2D eigenvalue weighted by Gasteiger charge is -2.28. The molecule has 0 heterocycles. The normalized spacial score (nSPS) is 13.8. The van der Waals surface area contributed by atoms with Gasteiger partial charge in [0.05, 0.1) is 34.4 Å². The van der Waals surface area contributed by atoms with Crippen LogP contribution in [0.5, 0.6) is 0 Å². The van der Waals surface area contributed by atoms with Crippen molar-refractivity contribution in [2.24, 2.45) is 0 Å². The number of phosphoric ester groups is 1. The molecule has 0 rings (SSSR count). The summed E-state index contributed by atoms with van der Waals surface area (Å²) in [5.74, 6) is -0.331. The van der Waals surface area contributed by atoms with Crippen molar-refractivity contribution in [3.05, 3.63) is 60.8 Å². The molecule has 0 saturated heterocycles. The standard InChI is InChI=1S/C62H116NO7P/c1-6-8-10-12-14-16-18-20-22-24-26-28-30-31-32-34-36-38-40-42-44-46-48-50-52-54-57-67-59-61(60-69-71(65,66)68-58-56-63(3,4)5)70-62(64)55-53-51-49-47-45-43-41-39-37-35-33-29-27-25-23-21-19-17-15-13-11-9-7-2/h8,10,14,16,20,22,26,28,31-32,61H,6-7,9,11-13,15,17-19,21,23-25,27,29-30,33-60H2,1-5H3/b10-8-,16-14-,22-20-,28-26-,32-31-. The van der Waals surface area contributed by atoms with E-state index in [2.05, 4.69) is 74.6 Å². The summed E-state index contributed by atoms with van der Waals surface area (Å²) in [4.78, 5) is 25.3. The van der Waals surface area contributed by atoms with Crippen molar-refractivity contribution in [3.8, 4) is 0 Å². The van der Waals surface area contributed by atoms with E-state index in [4.69, 9.17) is 18.5 Å². The highest BCUT2D eigenvalue weighted by molar-refractivity contribution is 7.45. The molecule has 0 bridgehead atoms. The monoisotopic (exact) mass is 1020 g/mol. The molecule has 0 fully saturated rings. The Hall–Kier alpha value is -1.80. The fourth-order valence-electron chi connectivity index (χ4n) is 8.52. The Morgan fingerprint density at radius 2 is 0.817 bits per heavy atom. The van der Waals surface area contributed by atoms with Crippen LogP contribution in [0, 0.1) is 0 Å². The third kappa shape index (κ3) is 59.0. The number of likely N-dealkylation sites (N-methyl/N-ethyl adjacent to an activating group) is 1. The topological polar surface area (TPSA) is 94.1 Å². The Morgan fingerprint density at radius 1 is 0.451 bits per heavy atom. The summed E-state index contributed by atoms with van der Waals surface area (Å²) >= 11 is 0. The van der Waals surface area contributed by atoms with Gasteiger partial charge in [-0.05, 0) is 57.8 Å². The molecular formula is C62H116NO7P. The van der Waals surface area contributed by atoms with Crippen molar-refractivity contribution >= 4 is 13.8 Å². The molecule has 0 amide bonds. The number of quaternary nitrogens is 1. The second kappa shape index (κ2) is 54.5. The highest BCUT2D eigenvalue weighted by Crippen LogP contribution is 2.38. The number of ether oxygens (including phenoxy) is 2. The number of hydrogen-bond acceptors (Lipinski definition) is 7. The maximum absolute atomic E-state index is 12.8. The van der Waals surface area contributed by atoms with Crippen LogP contribution in [0.2, 0.25) is 0 Å². The minimum absolute atomic E-state index is 0.0250. The first-order valence-corrected chi connectivity index (χ1v) is 31.5. The van der Waals surface area contributed by atoms with Crippen LogP contribution >= 0.6 is 7.82 Å². The lowest BCUT2D eigenvalue weighted by molar-refractivity contribution is -0.870. The zero-order chi connectivity index (χ0) is 51.9. The number of rotatable bonds is 56. The largest absolute Gasteiger partial charge is 0.756 e. The van der Waals surface area contributed by atoms with Gasteiger partial charge < -0.3 is 27.9 Å². The van der Waals surface area contributed by atoms with Gasteiger partial charge in [0, 0.05) is 13.0 Å². The summed E-state index contributed by atoms with van der Waals surface area (Å²) in [6.45, 7) is 5.34. The minimum atomic E-state index is -4.54. The van der Waals surface area contributed by atoms with Gasteiger partial charge in [0.25, 0.3) is 7.82 Å². The van der Waals surface area contributed by atoms with Gasteiger partial charge in [0.2, 0.25) is 0 Å². The van der Waals surface area contributed by atoms with Crippen LogP contribution in [-0.2, 0) is 27.9 Å². The molecule has 416 valence electrons. The maximum Gasteiger partial charge on any atom is 0.306 e. The first kappa shape index (κ1) is 69.2. The molecule has 0 aromatic heterocycles. The van der Waals surface area contributed by atoms with Gasteiger partial charge in [0.1, 0.15) is 19.3 Å². The van der Waals surface area contributed by atoms with Gasteiger partial charge in [-0.1, -0.05) is 267 Å². The van der Waals surface area contributed by atoms with Gasteiger partial charge in [-0.3, -0.25) is 9.36 Å². The number of carbonyl (C=O) groups excluding carboxylic acids is 1. The summed E-state index contributed by atoms with van der Waals surface area (Å²) < 4.78 is 34.9. The van der Waals surface area contributed by atoms with Crippen molar-refractivity contribution in [2.45, 2.75) is 277 Å². The maximum atomic E-state index is 12.8. The van der Waals surface area contributed by atoms with Crippen LogP contribution in [-0.4, -0.2) is 70.7 Å². The van der Waals surface area contributed by atoms with Crippen LogP contribution in [0.4, 0.5) is 0 Å². The van der Waals surface area contributed by atoms with E-state index in [0.717, 1.165) is 64.2 Å². The zero-order valence-corrected chi connectivity index (χ0v) is 48.3. The van der Waals surface area contributed by atoms with E-state index >= 15 is 0 Å². The number of esters is 1. The number of carbonyl (C=O) groups is 1. The third-order valence-electron chi connectivity index (χ3n) is 13.1. The molecule has 0 aliphatic heterocycles. The Balaban J connectivity index is 4.05. The fraction of sp³-hybridized carbons (Fsp3) is 0.823. The molecule has 0 radical (unpaired) electrons. The van der Waals surface area contributed by atoms with Gasteiger partial charge in [0.15, 0.2) is 0 Å². The number of allylic oxidation sites excluding steroid dienone is 10. The minimum Gasteiger partial charge on any atom is -0.756 e. The van der Waals surface area contributed by atoms with Crippen LogP contribution in [0.3, 0.4) is 0 Å². The van der Waals surface area contributed by atoms with Gasteiger partial charge in [-0.2, -0.15) is 0 Å². The first-order valence-electron chi connectivity index (χ1n) is 30.0. The van der Waals surface area contributed by atoms with E-state index < -0.39 is 13.9 Å².